The molecule has 1 unspecified atom stereocenters. The van der Waals surface area contributed by atoms with Crippen LogP contribution in [0.2, 0.25) is 0 Å². The average Bonchev–Trinajstić information content (AvgIpc) is 3.07. The van der Waals surface area contributed by atoms with Gasteiger partial charge in [0, 0.05) is 32.0 Å². The van der Waals surface area contributed by atoms with Crippen molar-refractivity contribution in [1.82, 2.24) is 10.2 Å². The third-order valence-corrected chi connectivity index (χ3v) is 6.37. The zero-order valence-corrected chi connectivity index (χ0v) is 18.1. The third-order valence-electron chi connectivity index (χ3n) is 6.37. The molecule has 168 valence electrons. The van der Waals surface area contributed by atoms with Gasteiger partial charge in [-0.15, -0.1) is 0 Å². The Morgan fingerprint density at radius 2 is 1.66 bits per heavy atom. The first kappa shape index (κ1) is 21.9. The molecule has 0 aromatic heterocycles. The van der Waals surface area contributed by atoms with Crippen LogP contribution in [0.4, 0.5) is 4.79 Å². The number of hydrogen-bond acceptors (Lipinski definition) is 4. The first-order valence-corrected chi connectivity index (χ1v) is 11.0. The van der Waals surface area contributed by atoms with Gasteiger partial charge < -0.3 is 20.1 Å². The second kappa shape index (κ2) is 9.42. The normalized spacial score (nSPS) is 16.0. The molecule has 1 aliphatic carbocycles. The molecule has 2 aliphatic rings. The number of benzene rings is 2. The number of alkyl carbamates (subject to hydrolysis) is 1. The minimum atomic E-state index is -0.852. The summed E-state index contributed by atoms with van der Waals surface area (Å²) in [7, 11) is 0. The molecule has 1 fully saturated rings. The Labute approximate surface area is 187 Å². The molecule has 7 nitrogen and oxygen atoms in total. The molecular formula is C25H28N2O5. The number of carboxylic acids is 1. The summed E-state index contributed by atoms with van der Waals surface area (Å²) >= 11 is 0. The van der Waals surface area contributed by atoms with Crippen molar-refractivity contribution in [3.8, 4) is 11.1 Å². The highest BCUT2D eigenvalue weighted by Gasteiger charge is 2.35. The van der Waals surface area contributed by atoms with E-state index in [0.29, 0.717) is 32.5 Å². The average molecular weight is 437 g/mol. The van der Waals surface area contributed by atoms with Crippen LogP contribution < -0.4 is 5.32 Å². The van der Waals surface area contributed by atoms with Crippen LogP contribution in [-0.2, 0) is 14.3 Å². The van der Waals surface area contributed by atoms with Gasteiger partial charge in [0.1, 0.15) is 6.61 Å². The Kier molecular flexibility index (Phi) is 6.44. The monoisotopic (exact) mass is 436 g/mol. The largest absolute Gasteiger partial charge is 0.481 e. The van der Waals surface area contributed by atoms with Gasteiger partial charge in [-0.25, -0.2) is 4.79 Å². The van der Waals surface area contributed by atoms with Crippen molar-refractivity contribution in [3.63, 3.8) is 0 Å². The van der Waals surface area contributed by atoms with Crippen LogP contribution in [0.25, 0.3) is 11.1 Å². The molecule has 1 heterocycles. The zero-order chi connectivity index (χ0) is 22.7. The lowest BCUT2D eigenvalue weighted by atomic mass is 9.98. The summed E-state index contributed by atoms with van der Waals surface area (Å²) in [6.07, 6.45) is 0.508. The third kappa shape index (κ3) is 4.61. The number of carbonyl (C=O) groups is 3. The number of nitrogens with zero attached hydrogens (tertiary/aromatic N) is 1. The van der Waals surface area contributed by atoms with Crippen molar-refractivity contribution in [3.05, 3.63) is 59.7 Å². The fraction of sp³-hybridized carbons (Fsp3) is 0.400. The molecule has 2 N–H and O–H groups in total. The number of hydrogen-bond donors (Lipinski definition) is 2. The quantitative estimate of drug-likeness (QED) is 0.661. The smallest absolute Gasteiger partial charge is 0.407 e. The summed E-state index contributed by atoms with van der Waals surface area (Å²) in [4.78, 5) is 36.8. The van der Waals surface area contributed by atoms with E-state index < -0.39 is 18.0 Å². The molecule has 0 spiro atoms. The summed E-state index contributed by atoms with van der Waals surface area (Å²) in [6.45, 7) is 3.24. The van der Waals surface area contributed by atoms with Crippen molar-refractivity contribution >= 4 is 18.0 Å². The SMILES string of the molecule is CC(CCC(=O)N1CC(C(=O)O)C1)CNC(=O)OCC1c2ccccc2-c2ccccc21. The lowest BCUT2D eigenvalue weighted by molar-refractivity contribution is -0.152. The van der Waals surface area contributed by atoms with E-state index in [-0.39, 0.29) is 24.3 Å². The number of fused-ring (bicyclic) bond motifs is 3. The maximum atomic E-state index is 12.3. The Morgan fingerprint density at radius 1 is 1.06 bits per heavy atom. The number of rotatable bonds is 8. The molecule has 0 bridgehead atoms. The molecule has 0 saturated carbocycles. The second-order valence-corrected chi connectivity index (χ2v) is 8.68. The van der Waals surface area contributed by atoms with Gasteiger partial charge in [-0.05, 0) is 34.6 Å². The van der Waals surface area contributed by atoms with Gasteiger partial charge in [-0.2, -0.15) is 0 Å². The van der Waals surface area contributed by atoms with Crippen LogP contribution >= 0.6 is 0 Å². The predicted molar refractivity (Wildman–Crippen MR) is 119 cm³/mol. The number of carboxylic acid groups (broad SMARTS) is 1. The highest BCUT2D eigenvalue weighted by Crippen LogP contribution is 2.44. The summed E-state index contributed by atoms with van der Waals surface area (Å²) in [5.74, 6) is -1.19. The summed E-state index contributed by atoms with van der Waals surface area (Å²) in [5, 5.41) is 11.7. The van der Waals surface area contributed by atoms with Gasteiger partial charge in [0.2, 0.25) is 5.91 Å². The lowest BCUT2D eigenvalue weighted by Gasteiger charge is -2.36. The number of carbonyl (C=O) groups excluding carboxylic acids is 2. The highest BCUT2D eigenvalue weighted by atomic mass is 16.5. The molecule has 2 amide bonds. The van der Waals surface area contributed by atoms with Gasteiger partial charge in [0.25, 0.3) is 0 Å². The van der Waals surface area contributed by atoms with E-state index in [1.165, 1.54) is 22.3 Å². The zero-order valence-electron chi connectivity index (χ0n) is 18.1. The fourth-order valence-corrected chi connectivity index (χ4v) is 4.38. The Bertz CT molecular complexity index is 969. The van der Waals surface area contributed by atoms with E-state index in [2.05, 4.69) is 29.6 Å². The predicted octanol–water partition coefficient (Wildman–Crippen LogP) is 3.48. The van der Waals surface area contributed by atoms with E-state index >= 15 is 0 Å². The molecule has 2 aromatic carbocycles. The molecule has 0 radical (unpaired) electrons. The van der Waals surface area contributed by atoms with Gasteiger partial charge in [-0.1, -0.05) is 55.5 Å². The summed E-state index contributed by atoms with van der Waals surface area (Å²) < 4.78 is 5.53. The van der Waals surface area contributed by atoms with E-state index in [0.717, 1.165) is 0 Å². The Morgan fingerprint density at radius 3 is 2.25 bits per heavy atom. The minimum Gasteiger partial charge on any atom is -0.481 e. The highest BCUT2D eigenvalue weighted by molar-refractivity contribution is 5.81. The van der Waals surface area contributed by atoms with Crippen LogP contribution in [0.3, 0.4) is 0 Å². The van der Waals surface area contributed by atoms with E-state index in [4.69, 9.17) is 9.84 Å². The van der Waals surface area contributed by atoms with E-state index in [1.807, 2.05) is 31.2 Å². The Balaban J connectivity index is 1.20. The first-order chi connectivity index (χ1) is 15.4. The number of likely N-dealkylation sites (tertiary alicyclic amines) is 1. The molecule has 1 atom stereocenters. The molecule has 32 heavy (non-hydrogen) atoms. The molecule has 2 aromatic rings. The topological polar surface area (TPSA) is 95.9 Å². The Hall–Kier alpha value is -3.35. The molecule has 1 aliphatic heterocycles. The standard InChI is InChI=1S/C25H28N2O5/c1-16(10-11-23(28)27-13-17(14-27)24(29)30)12-26-25(31)32-15-22-20-8-4-2-6-18(20)19-7-3-5-9-21(19)22/h2-9,16-17,22H,10-15H2,1H3,(H,26,31)(H,29,30). The second-order valence-electron chi connectivity index (χ2n) is 8.68. The number of aliphatic carboxylic acids is 1. The van der Waals surface area contributed by atoms with Crippen molar-refractivity contribution in [2.24, 2.45) is 11.8 Å². The van der Waals surface area contributed by atoms with Crippen molar-refractivity contribution in [1.29, 1.82) is 0 Å². The van der Waals surface area contributed by atoms with Crippen molar-refractivity contribution < 1.29 is 24.2 Å². The van der Waals surface area contributed by atoms with Crippen LogP contribution in [0.5, 0.6) is 0 Å². The lowest BCUT2D eigenvalue weighted by Crippen LogP contribution is -2.53. The molecule has 4 rings (SSSR count). The summed E-state index contributed by atoms with van der Waals surface area (Å²) in [5.41, 5.74) is 4.72. The van der Waals surface area contributed by atoms with E-state index in [1.54, 1.807) is 4.90 Å². The maximum Gasteiger partial charge on any atom is 0.407 e. The van der Waals surface area contributed by atoms with E-state index in [9.17, 15) is 14.4 Å². The van der Waals surface area contributed by atoms with Gasteiger partial charge in [-0.3, -0.25) is 9.59 Å². The van der Waals surface area contributed by atoms with Gasteiger partial charge in [0.05, 0.1) is 5.92 Å². The molecular weight excluding hydrogens is 408 g/mol. The van der Waals surface area contributed by atoms with Crippen molar-refractivity contribution in [2.75, 3.05) is 26.2 Å². The number of amides is 2. The van der Waals surface area contributed by atoms with Gasteiger partial charge >= 0.3 is 12.1 Å². The van der Waals surface area contributed by atoms with Crippen LogP contribution in [-0.4, -0.2) is 54.2 Å². The summed E-state index contributed by atoms with van der Waals surface area (Å²) in [6, 6.07) is 16.4. The molecule has 7 heteroatoms. The number of nitrogens with one attached hydrogen (secondary N) is 1. The minimum absolute atomic E-state index is 0.0225. The van der Waals surface area contributed by atoms with Crippen molar-refractivity contribution in [2.45, 2.75) is 25.7 Å². The van der Waals surface area contributed by atoms with Crippen LogP contribution in [0.15, 0.2) is 48.5 Å². The first-order valence-electron chi connectivity index (χ1n) is 11.0. The van der Waals surface area contributed by atoms with Gasteiger partial charge in [0.15, 0.2) is 0 Å². The number of ether oxygens (including phenoxy) is 1. The van der Waals surface area contributed by atoms with Crippen LogP contribution in [0.1, 0.15) is 36.8 Å². The molecule has 1 saturated heterocycles. The maximum absolute atomic E-state index is 12.3. The van der Waals surface area contributed by atoms with Crippen LogP contribution in [0, 0.1) is 11.8 Å². The fourth-order valence-electron chi connectivity index (χ4n) is 4.38.